The minimum atomic E-state index is -0.501. The van der Waals surface area contributed by atoms with Gasteiger partial charge >= 0.3 is 0 Å². The van der Waals surface area contributed by atoms with E-state index in [4.69, 9.17) is 0 Å². The van der Waals surface area contributed by atoms with E-state index in [1.807, 2.05) is 26.8 Å². The second-order valence-electron chi connectivity index (χ2n) is 5.68. The maximum Gasteiger partial charge on any atom is 0.239 e. The zero-order chi connectivity index (χ0) is 15.7. The molecule has 21 heavy (non-hydrogen) atoms. The van der Waals surface area contributed by atoms with Crippen LogP contribution in [-0.2, 0) is 4.79 Å². The second-order valence-corrected chi connectivity index (χ2v) is 5.68. The fourth-order valence-corrected chi connectivity index (χ4v) is 2.32. The number of rotatable bonds is 9. The molecule has 1 rings (SSSR count). The van der Waals surface area contributed by atoms with E-state index in [0.717, 1.165) is 26.1 Å². The number of anilines is 1. The Bertz CT molecular complexity index is 417. The van der Waals surface area contributed by atoms with Crippen LogP contribution < -0.4 is 15.5 Å². The number of hydrogen-bond donors (Lipinski definition) is 2. The van der Waals surface area contributed by atoms with Crippen molar-refractivity contribution in [3.8, 4) is 0 Å². The molecule has 1 amide bonds. The van der Waals surface area contributed by atoms with Crippen molar-refractivity contribution in [1.29, 1.82) is 0 Å². The lowest BCUT2D eigenvalue weighted by Gasteiger charge is -2.26. The van der Waals surface area contributed by atoms with Crippen LogP contribution in [-0.4, -0.2) is 37.6 Å². The lowest BCUT2D eigenvalue weighted by atomic mass is 10.0. The maximum absolute atomic E-state index is 12.1. The van der Waals surface area contributed by atoms with Crippen molar-refractivity contribution in [3.63, 3.8) is 0 Å². The van der Waals surface area contributed by atoms with E-state index < -0.39 is 5.54 Å². The Kier molecular flexibility index (Phi) is 7.23. The predicted molar refractivity (Wildman–Crippen MR) is 89.7 cm³/mol. The monoisotopic (exact) mass is 291 g/mol. The van der Waals surface area contributed by atoms with Gasteiger partial charge in [0.25, 0.3) is 0 Å². The molecule has 0 atom stereocenters. The summed E-state index contributed by atoms with van der Waals surface area (Å²) in [6, 6.07) is 10.4. The summed E-state index contributed by atoms with van der Waals surface area (Å²) in [5.74, 6) is 0.0621. The predicted octanol–water partition coefficient (Wildman–Crippen LogP) is 2.41. The number of nitrogens with zero attached hydrogens (tertiary/aromatic N) is 1. The number of carbonyl (C=O) groups is 1. The normalized spacial score (nSPS) is 11.2. The summed E-state index contributed by atoms with van der Waals surface area (Å²) in [4.78, 5) is 14.4. The van der Waals surface area contributed by atoms with Gasteiger partial charge in [0.15, 0.2) is 0 Å². The van der Waals surface area contributed by atoms with Crippen molar-refractivity contribution in [2.24, 2.45) is 0 Å². The molecule has 0 saturated heterocycles. The molecule has 0 fully saturated rings. The highest BCUT2D eigenvalue weighted by atomic mass is 16.2. The van der Waals surface area contributed by atoms with Crippen LogP contribution in [0.3, 0.4) is 0 Å². The van der Waals surface area contributed by atoms with E-state index in [1.54, 1.807) is 0 Å². The fraction of sp³-hybridized carbons (Fsp3) is 0.588. The molecule has 0 aliphatic carbocycles. The van der Waals surface area contributed by atoms with Crippen molar-refractivity contribution in [2.45, 2.75) is 39.7 Å². The summed E-state index contributed by atoms with van der Waals surface area (Å²) in [5, 5.41) is 6.20. The van der Waals surface area contributed by atoms with E-state index in [9.17, 15) is 4.79 Å². The molecular formula is C17H29N3O. The van der Waals surface area contributed by atoms with Gasteiger partial charge < -0.3 is 15.5 Å². The van der Waals surface area contributed by atoms with Gasteiger partial charge in [-0.3, -0.25) is 4.79 Å². The quantitative estimate of drug-likeness (QED) is 0.687. The first-order valence-electron chi connectivity index (χ1n) is 7.84. The molecule has 0 unspecified atom stereocenters. The van der Waals surface area contributed by atoms with Crippen LogP contribution >= 0.6 is 0 Å². The van der Waals surface area contributed by atoms with Crippen molar-refractivity contribution in [2.75, 3.05) is 31.1 Å². The van der Waals surface area contributed by atoms with E-state index in [0.29, 0.717) is 6.54 Å². The van der Waals surface area contributed by atoms with Gasteiger partial charge in [0.05, 0.1) is 5.54 Å². The van der Waals surface area contributed by atoms with Gasteiger partial charge in [0, 0.05) is 25.3 Å². The molecule has 1 aromatic carbocycles. The third-order valence-electron chi connectivity index (χ3n) is 3.58. The smallest absolute Gasteiger partial charge is 0.239 e. The fourth-order valence-electron chi connectivity index (χ4n) is 2.32. The van der Waals surface area contributed by atoms with Gasteiger partial charge in [0.2, 0.25) is 5.91 Å². The van der Waals surface area contributed by atoms with Crippen molar-refractivity contribution < 1.29 is 4.79 Å². The second kappa shape index (κ2) is 8.67. The summed E-state index contributed by atoms with van der Waals surface area (Å²) in [5.41, 5.74) is 0.734. The zero-order valence-corrected chi connectivity index (χ0v) is 13.8. The van der Waals surface area contributed by atoms with Gasteiger partial charge in [-0.2, -0.15) is 0 Å². The highest BCUT2D eigenvalue weighted by Gasteiger charge is 2.25. The number of benzene rings is 1. The molecule has 0 aliphatic heterocycles. The highest BCUT2D eigenvalue weighted by molar-refractivity contribution is 5.85. The summed E-state index contributed by atoms with van der Waals surface area (Å²) in [6.07, 6.45) is 0.941. The van der Waals surface area contributed by atoms with Gasteiger partial charge in [0.1, 0.15) is 0 Å². The standard InChI is InChI=1S/C17H29N3O/c1-5-19-17(3,4)16(21)18-13-10-14-20(6-2)15-11-8-7-9-12-15/h7-9,11-12,19H,5-6,10,13-14H2,1-4H3,(H,18,21). The van der Waals surface area contributed by atoms with Crippen LogP contribution in [0.5, 0.6) is 0 Å². The number of para-hydroxylation sites is 1. The van der Waals surface area contributed by atoms with Crippen LogP contribution in [0, 0.1) is 0 Å². The van der Waals surface area contributed by atoms with E-state index in [2.05, 4.69) is 46.7 Å². The molecule has 0 radical (unpaired) electrons. The Labute approximate surface area is 128 Å². The number of likely N-dealkylation sites (N-methyl/N-ethyl adjacent to an activating group) is 1. The van der Waals surface area contributed by atoms with Crippen LogP contribution in [0.2, 0.25) is 0 Å². The molecule has 4 nitrogen and oxygen atoms in total. The summed E-state index contributed by atoms with van der Waals surface area (Å²) >= 11 is 0. The van der Waals surface area contributed by atoms with Gasteiger partial charge in [-0.1, -0.05) is 25.1 Å². The first kappa shape index (κ1) is 17.5. The van der Waals surface area contributed by atoms with Crippen LogP contribution in [0.1, 0.15) is 34.1 Å². The van der Waals surface area contributed by atoms with Crippen LogP contribution in [0.4, 0.5) is 5.69 Å². The first-order valence-corrected chi connectivity index (χ1v) is 7.84. The average Bonchev–Trinajstić information content (AvgIpc) is 2.48. The molecule has 0 spiro atoms. The van der Waals surface area contributed by atoms with Crippen molar-refractivity contribution in [3.05, 3.63) is 30.3 Å². The lowest BCUT2D eigenvalue weighted by molar-refractivity contribution is -0.126. The topological polar surface area (TPSA) is 44.4 Å². The average molecular weight is 291 g/mol. The highest BCUT2D eigenvalue weighted by Crippen LogP contribution is 2.12. The summed E-state index contributed by atoms with van der Waals surface area (Å²) in [7, 11) is 0. The molecule has 0 aliphatic rings. The Morgan fingerprint density at radius 2 is 1.86 bits per heavy atom. The van der Waals surface area contributed by atoms with E-state index in [-0.39, 0.29) is 5.91 Å². The number of hydrogen-bond acceptors (Lipinski definition) is 3. The first-order chi connectivity index (χ1) is 10.0. The third kappa shape index (κ3) is 5.76. The number of carbonyl (C=O) groups excluding carboxylic acids is 1. The molecule has 118 valence electrons. The lowest BCUT2D eigenvalue weighted by Crippen LogP contribution is -2.52. The SMILES string of the molecule is CCNC(C)(C)C(=O)NCCCN(CC)c1ccccc1. The Morgan fingerprint density at radius 1 is 1.19 bits per heavy atom. The Hall–Kier alpha value is -1.55. The molecule has 0 heterocycles. The van der Waals surface area contributed by atoms with Gasteiger partial charge in [-0.25, -0.2) is 0 Å². The van der Waals surface area contributed by atoms with Crippen molar-refractivity contribution in [1.82, 2.24) is 10.6 Å². The maximum atomic E-state index is 12.1. The largest absolute Gasteiger partial charge is 0.372 e. The van der Waals surface area contributed by atoms with Gasteiger partial charge in [-0.05, 0) is 45.9 Å². The summed E-state index contributed by atoms with van der Waals surface area (Å²) in [6.45, 7) is 11.4. The molecule has 2 N–H and O–H groups in total. The molecular weight excluding hydrogens is 262 g/mol. The van der Waals surface area contributed by atoms with E-state index >= 15 is 0 Å². The Morgan fingerprint density at radius 3 is 2.43 bits per heavy atom. The molecule has 0 saturated carbocycles. The molecule has 4 heteroatoms. The minimum Gasteiger partial charge on any atom is -0.372 e. The zero-order valence-electron chi connectivity index (χ0n) is 13.8. The van der Waals surface area contributed by atoms with Gasteiger partial charge in [-0.15, -0.1) is 0 Å². The summed E-state index contributed by atoms with van der Waals surface area (Å²) < 4.78 is 0. The molecule has 0 bridgehead atoms. The number of nitrogens with one attached hydrogen (secondary N) is 2. The van der Waals surface area contributed by atoms with E-state index in [1.165, 1.54) is 5.69 Å². The number of amides is 1. The minimum absolute atomic E-state index is 0.0621. The third-order valence-corrected chi connectivity index (χ3v) is 3.58. The van der Waals surface area contributed by atoms with Crippen molar-refractivity contribution >= 4 is 11.6 Å². The Balaban J connectivity index is 2.34. The molecule has 1 aromatic rings. The van der Waals surface area contributed by atoms with Crippen LogP contribution in [0.15, 0.2) is 30.3 Å². The molecule has 0 aromatic heterocycles. The van der Waals surface area contributed by atoms with Crippen LogP contribution in [0.25, 0.3) is 0 Å².